The molecule has 1 heterocycles. The summed E-state index contributed by atoms with van der Waals surface area (Å²) in [6.07, 6.45) is 0.440. The standard InChI is InChI=1S/C16H34N2O2/c1-15(2,3)18-10-8-17(9-11-18)13-14(19)7-12-20-16(4,5)6/h14,19H,7-13H2,1-6H3/t14-/m0/s1. The molecule has 1 rings (SSSR count). The van der Waals surface area contributed by atoms with Gasteiger partial charge in [0.15, 0.2) is 0 Å². The third-order valence-electron chi connectivity index (χ3n) is 3.78. The SMILES string of the molecule is CC(C)(C)OCC[C@H](O)CN1CCN(C(C)(C)C)CC1. The van der Waals surface area contributed by atoms with Crippen LogP contribution in [0.1, 0.15) is 48.0 Å². The van der Waals surface area contributed by atoms with Gasteiger partial charge in [-0.1, -0.05) is 0 Å². The highest BCUT2D eigenvalue weighted by Crippen LogP contribution is 2.16. The Morgan fingerprint density at radius 2 is 1.55 bits per heavy atom. The van der Waals surface area contributed by atoms with Crippen LogP contribution in [0.15, 0.2) is 0 Å². The van der Waals surface area contributed by atoms with E-state index >= 15 is 0 Å². The van der Waals surface area contributed by atoms with E-state index in [1.165, 1.54) is 0 Å². The monoisotopic (exact) mass is 286 g/mol. The molecule has 1 aliphatic rings. The quantitative estimate of drug-likeness (QED) is 0.838. The van der Waals surface area contributed by atoms with E-state index in [0.717, 1.165) is 39.1 Å². The van der Waals surface area contributed by atoms with Crippen LogP contribution < -0.4 is 0 Å². The molecule has 0 radical (unpaired) electrons. The smallest absolute Gasteiger partial charge is 0.0689 e. The minimum absolute atomic E-state index is 0.113. The second kappa shape index (κ2) is 7.21. The fraction of sp³-hybridized carbons (Fsp3) is 1.00. The van der Waals surface area contributed by atoms with Crippen molar-refractivity contribution in [1.82, 2.24) is 9.80 Å². The first-order chi connectivity index (χ1) is 9.08. The zero-order valence-electron chi connectivity index (χ0n) is 14.3. The number of ether oxygens (including phenoxy) is 1. The van der Waals surface area contributed by atoms with Gasteiger partial charge in [0, 0.05) is 44.9 Å². The maximum absolute atomic E-state index is 10.1. The summed E-state index contributed by atoms with van der Waals surface area (Å²) in [5, 5.41) is 10.1. The molecule has 1 fully saturated rings. The molecule has 0 amide bonds. The average Bonchev–Trinajstić information content (AvgIpc) is 2.26. The molecule has 0 spiro atoms. The molecule has 1 saturated heterocycles. The molecule has 120 valence electrons. The largest absolute Gasteiger partial charge is 0.392 e. The van der Waals surface area contributed by atoms with Gasteiger partial charge in [0.25, 0.3) is 0 Å². The number of piperazine rings is 1. The summed E-state index contributed by atoms with van der Waals surface area (Å²) in [5.74, 6) is 0. The first-order valence-electron chi connectivity index (χ1n) is 7.87. The van der Waals surface area contributed by atoms with Crippen LogP contribution in [0.25, 0.3) is 0 Å². The molecule has 4 heteroatoms. The summed E-state index contributed by atoms with van der Waals surface area (Å²) in [6, 6.07) is 0. The molecule has 0 aromatic heterocycles. The predicted octanol–water partition coefficient (Wildman–Crippen LogP) is 1.97. The number of nitrogens with zero attached hydrogens (tertiary/aromatic N) is 2. The Morgan fingerprint density at radius 3 is 2.00 bits per heavy atom. The molecular formula is C16H34N2O2. The van der Waals surface area contributed by atoms with E-state index in [2.05, 4.69) is 30.6 Å². The van der Waals surface area contributed by atoms with Crippen LogP contribution in [0.4, 0.5) is 0 Å². The molecule has 0 aliphatic carbocycles. The zero-order valence-corrected chi connectivity index (χ0v) is 14.3. The Hall–Kier alpha value is -0.160. The maximum atomic E-state index is 10.1. The number of hydrogen-bond donors (Lipinski definition) is 1. The fourth-order valence-corrected chi connectivity index (χ4v) is 2.49. The Morgan fingerprint density at radius 1 is 1.00 bits per heavy atom. The summed E-state index contributed by atoms with van der Waals surface area (Å²) < 4.78 is 5.66. The van der Waals surface area contributed by atoms with Crippen molar-refractivity contribution in [2.24, 2.45) is 0 Å². The maximum Gasteiger partial charge on any atom is 0.0689 e. The van der Waals surface area contributed by atoms with Crippen molar-refractivity contribution in [3.63, 3.8) is 0 Å². The normalized spacial score (nSPS) is 21.1. The first-order valence-corrected chi connectivity index (χ1v) is 7.87. The van der Waals surface area contributed by atoms with Gasteiger partial charge in [-0.15, -0.1) is 0 Å². The van der Waals surface area contributed by atoms with Crippen molar-refractivity contribution >= 4 is 0 Å². The molecule has 4 nitrogen and oxygen atoms in total. The van der Waals surface area contributed by atoms with E-state index in [0.29, 0.717) is 6.61 Å². The minimum Gasteiger partial charge on any atom is -0.392 e. The molecule has 1 atom stereocenters. The Labute approximate surface area is 125 Å². The van der Waals surface area contributed by atoms with Crippen molar-refractivity contribution in [3.8, 4) is 0 Å². The highest BCUT2D eigenvalue weighted by atomic mass is 16.5. The van der Waals surface area contributed by atoms with E-state index in [1.807, 2.05) is 20.8 Å². The van der Waals surface area contributed by atoms with Gasteiger partial charge in [0.2, 0.25) is 0 Å². The number of β-amino-alcohol motifs (C(OH)–C–C–N with tert-alkyl or cyclic N) is 1. The lowest BCUT2D eigenvalue weighted by molar-refractivity contribution is -0.0257. The van der Waals surface area contributed by atoms with Gasteiger partial charge in [-0.05, 0) is 48.0 Å². The summed E-state index contributed by atoms with van der Waals surface area (Å²) in [4.78, 5) is 4.88. The van der Waals surface area contributed by atoms with Gasteiger partial charge in [-0.3, -0.25) is 9.80 Å². The highest BCUT2D eigenvalue weighted by molar-refractivity contribution is 4.82. The van der Waals surface area contributed by atoms with Crippen LogP contribution >= 0.6 is 0 Å². The van der Waals surface area contributed by atoms with E-state index in [1.54, 1.807) is 0 Å². The van der Waals surface area contributed by atoms with Crippen molar-refractivity contribution in [2.75, 3.05) is 39.3 Å². The number of aliphatic hydroxyl groups excluding tert-OH is 1. The molecule has 20 heavy (non-hydrogen) atoms. The second-order valence-electron chi connectivity index (χ2n) is 7.86. The third-order valence-corrected chi connectivity index (χ3v) is 3.78. The lowest BCUT2D eigenvalue weighted by Gasteiger charge is -2.42. The van der Waals surface area contributed by atoms with Gasteiger partial charge in [0.05, 0.1) is 11.7 Å². The first kappa shape index (κ1) is 17.9. The topological polar surface area (TPSA) is 35.9 Å². The molecule has 0 bridgehead atoms. The Kier molecular flexibility index (Phi) is 6.45. The minimum atomic E-state index is -0.279. The number of hydrogen-bond acceptors (Lipinski definition) is 4. The lowest BCUT2D eigenvalue weighted by atomic mass is 10.0. The second-order valence-corrected chi connectivity index (χ2v) is 7.86. The molecule has 0 unspecified atom stereocenters. The van der Waals surface area contributed by atoms with Crippen molar-refractivity contribution in [2.45, 2.75) is 65.2 Å². The number of rotatable bonds is 5. The summed E-state index contributed by atoms with van der Waals surface area (Å²) >= 11 is 0. The molecule has 1 aliphatic heterocycles. The van der Waals surface area contributed by atoms with Crippen LogP contribution in [0.3, 0.4) is 0 Å². The van der Waals surface area contributed by atoms with Crippen molar-refractivity contribution in [1.29, 1.82) is 0 Å². The van der Waals surface area contributed by atoms with E-state index < -0.39 is 0 Å². The molecule has 0 aromatic rings. The fourth-order valence-electron chi connectivity index (χ4n) is 2.49. The molecule has 0 aromatic carbocycles. The van der Waals surface area contributed by atoms with E-state index in [-0.39, 0.29) is 17.2 Å². The van der Waals surface area contributed by atoms with Gasteiger partial charge < -0.3 is 9.84 Å². The van der Waals surface area contributed by atoms with Gasteiger partial charge in [0.1, 0.15) is 0 Å². The van der Waals surface area contributed by atoms with Gasteiger partial charge in [-0.2, -0.15) is 0 Å². The van der Waals surface area contributed by atoms with Crippen LogP contribution in [0.2, 0.25) is 0 Å². The Bertz CT molecular complexity index is 273. The molecular weight excluding hydrogens is 252 g/mol. The predicted molar refractivity (Wildman–Crippen MR) is 84.1 cm³/mol. The van der Waals surface area contributed by atoms with E-state index in [4.69, 9.17) is 4.74 Å². The summed E-state index contributed by atoms with van der Waals surface area (Å²) in [7, 11) is 0. The summed E-state index contributed by atoms with van der Waals surface area (Å²) in [5.41, 5.74) is 0.142. The van der Waals surface area contributed by atoms with Crippen LogP contribution in [-0.2, 0) is 4.74 Å². The van der Waals surface area contributed by atoms with Crippen LogP contribution in [0.5, 0.6) is 0 Å². The third kappa shape index (κ3) is 7.02. The zero-order chi connectivity index (χ0) is 15.4. The van der Waals surface area contributed by atoms with Gasteiger partial charge in [-0.25, -0.2) is 0 Å². The van der Waals surface area contributed by atoms with Crippen molar-refractivity contribution in [3.05, 3.63) is 0 Å². The van der Waals surface area contributed by atoms with Crippen molar-refractivity contribution < 1.29 is 9.84 Å². The molecule has 0 saturated carbocycles. The number of aliphatic hydroxyl groups is 1. The lowest BCUT2D eigenvalue weighted by Crippen LogP contribution is -2.54. The van der Waals surface area contributed by atoms with E-state index in [9.17, 15) is 5.11 Å². The van der Waals surface area contributed by atoms with Gasteiger partial charge >= 0.3 is 0 Å². The van der Waals surface area contributed by atoms with Crippen LogP contribution in [-0.4, -0.2) is 71.5 Å². The molecule has 1 N–H and O–H groups in total. The highest BCUT2D eigenvalue weighted by Gasteiger charge is 2.26. The summed E-state index contributed by atoms with van der Waals surface area (Å²) in [6.45, 7) is 18.6. The van der Waals surface area contributed by atoms with Crippen LogP contribution in [0, 0.1) is 0 Å². The average molecular weight is 286 g/mol. The Balaban J connectivity index is 2.20.